The molecule has 0 radical (unpaired) electrons. The third-order valence-corrected chi connectivity index (χ3v) is 3.88. The molecular weight excluding hydrogens is 304 g/mol. The monoisotopic (exact) mass is 314 g/mol. The normalized spacial score (nSPS) is 10.5. The number of carbonyl (C=O) groups is 1. The van der Waals surface area contributed by atoms with Gasteiger partial charge in [0.15, 0.2) is 0 Å². The van der Waals surface area contributed by atoms with Gasteiger partial charge in [-0.1, -0.05) is 0 Å². The summed E-state index contributed by atoms with van der Waals surface area (Å²) in [6.07, 6.45) is 0. The van der Waals surface area contributed by atoms with Crippen LogP contribution >= 0.6 is 11.3 Å². The van der Waals surface area contributed by atoms with E-state index >= 15 is 0 Å². The molecule has 0 unspecified atom stereocenters. The lowest BCUT2D eigenvalue weighted by Crippen LogP contribution is -2.05. The fraction of sp³-hybridized carbons (Fsp3) is 0.0667. The van der Waals surface area contributed by atoms with Gasteiger partial charge in [0.1, 0.15) is 6.61 Å². The molecule has 0 aliphatic heterocycles. The molecule has 110 valence electrons. The number of ether oxygens (including phenoxy) is 1. The van der Waals surface area contributed by atoms with Crippen molar-refractivity contribution in [3.8, 4) is 0 Å². The third-order valence-electron chi connectivity index (χ3n) is 3.08. The number of nitro benzene ring substituents is 1. The van der Waals surface area contributed by atoms with Crippen LogP contribution in [0.25, 0.3) is 10.2 Å². The summed E-state index contributed by atoms with van der Waals surface area (Å²) in [5.41, 5.74) is 3.72. The van der Waals surface area contributed by atoms with E-state index < -0.39 is 10.9 Å². The van der Waals surface area contributed by atoms with E-state index in [2.05, 4.69) is 4.98 Å². The van der Waals surface area contributed by atoms with Gasteiger partial charge in [-0.15, -0.1) is 11.3 Å². The Hall–Kier alpha value is -2.80. The van der Waals surface area contributed by atoms with Crippen LogP contribution in [0.15, 0.2) is 48.0 Å². The molecule has 1 heterocycles. The number of nitrogens with zero attached hydrogens (tertiary/aromatic N) is 2. The van der Waals surface area contributed by atoms with Crippen LogP contribution in [0.3, 0.4) is 0 Å². The number of carbonyl (C=O) groups excluding carboxylic acids is 1. The Balaban J connectivity index is 1.67. The number of benzene rings is 2. The third kappa shape index (κ3) is 2.94. The summed E-state index contributed by atoms with van der Waals surface area (Å²) in [5, 5.41) is 10.6. The van der Waals surface area contributed by atoms with Gasteiger partial charge < -0.3 is 4.74 Å². The smallest absolute Gasteiger partial charge is 0.338 e. The van der Waals surface area contributed by atoms with Crippen molar-refractivity contribution in [2.75, 3.05) is 0 Å². The van der Waals surface area contributed by atoms with Gasteiger partial charge in [0, 0.05) is 12.1 Å². The van der Waals surface area contributed by atoms with Crippen LogP contribution in [0.2, 0.25) is 0 Å². The molecule has 7 heteroatoms. The second-order valence-electron chi connectivity index (χ2n) is 4.53. The Kier molecular flexibility index (Phi) is 3.80. The number of aromatic nitrogens is 1. The molecule has 0 aliphatic rings. The first-order valence-corrected chi connectivity index (χ1v) is 7.25. The van der Waals surface area contributed by atoms with Crippen molar-refractivity contribution < 1.29 is 14.5 Å². The SMILES string of the molecule is O=C(OCc1ccc([N+](=O)[O-])cc1)c1ccc2ncsc2c1. The summed E-state index contributed by atoms with van der Waals surface area (Å²) in [5.74, 6) is -0.436. The fourth-order valence-electron chi connectivity index (χ4n) is 1.93. The Morgan fingerprint density at radius 2 is 2.00 bits per heavy atom. The first-order valence-electron chi connectivity index (χ1n) is 6.37. The number of nitro groups is 1. The second kappa shape index (κ2) is 5.90. The molecule has 3 rings (SSSR count). The lowest BCUT2D eigenvalue weighted by atomic mass is 10.2. The Morgan fingerprint density at radius 3 is 2.73 bits per heavy atom. The molecule has 0 saturated heterocycles. The van der Waals surface area contributed by atoms with Crippen molar-refractivity contribution in [1.82, 2.24) is 4.98 Å². The summed E-state index contributed by atoms with van der Waals surface area (Å²) < 4.78 is 6.14. The number of fused-ring (bicyclic) bond motifs is 1. The lowest BCUT2D eigenvalue weighted by molar-refractivity contribution is -0.384. The van der Waals surface area contributed by atoms with Gasteiger partial charge in [0.2, 0.25) is 0 Å². The summed E-state index contributed by atoms with van der Waals surface area (Å²) in [7, 11) is 0. The van der Waals surface area contributed by atoms with Crippen molar-refractivity contribution in [3.05, 3.63) is 69.2 Å². The van der Waals surface area contributed by atoms with E-state index in [4.69, 9.17) is 4.74 Å². The van der Waals surface area contributed by atoms with Crippen molar-refractivity contribution in [2.24, 2.45) is 0 Å². The zero-order valence-corrected chi connectivity index (χ0v) is 12.1. The predicted molar refractivity (Wildman–Crippen MR) is 81.8 cm³/mol. The van der Waals surface area contributed by atoms with Crippen LogP contribution in [0.5, 0.6) is 0 Å². The number of rotatable bonds is 4. The fourth-order valence-corrected chi connectivity index (χ4v) is 2.64. The number of esters is 1. The van der Waals surface area contributed by atoms with Crippen LogP contribution in [0.1, 0.15) is 15.9 Å². The molecule has 6 nitrogen and oxygen atoms in total. The first-order chi connectivity index (χ1) is 10.6. The average molecular weight is 314 g/mol. The van der Waals surface area contributed by atoms with Crippen LogP contribution in [-0.2, 0) is 11.3 Å². The highest BCUT2D eigenvalue weighted by atomic mass is 32.1. The Morgan fingerprint density at radius 1 is 1.23 bits per heavy atom. The van der Waals surface area contributed by atoms with Gasteiger partial charge in [-0.05, 0) is 35.9 Å². The van der Waals surface area contributed by atoms with Crippen molar-refractivity contribution in [2.45, 2.75) is 6.61 Å². The maximum atomic E-state index is 12.0. The second-order valence-corrected chi connectivity index (χ2v) is 5.42. The highest BCUT2D eigenvalue weighted by molar-refractivity contribution is 7.16. The molecule has 0 N–H and O–H groups in total. The molecule has 22 heavy (non-hydrogen) atoms. The molecule has 1 aromatic heterocycles. The Bertz CT molecular complexity index is 842. The highest BCUT2D eigenvalue weighted by Crippen LogP contribution is 2.20. The summed E-state index contributed by atoms with van der Waals surface area (Å²) in [6, 6.07) is 11.1. The minimum Gasteiger partial charge on any atom is -0.457 e. The van der Waals surface area contributed by atoms with Crippen LogP contribution in [-0.4, -0.2) is 15.9 Å². The van der Waals surface area contributed by atoms with Crippen LogP contribution in [0, 0.1) is 10.1 Å². The van der Waals surface area contributed by atoms with E-state index in [9.17, 15) is 14.9 Å². The molecule has 0 spiro atoms. The summed E-state index contributed by atoms with van der Waals surface area (Å²) in [6.45, 7) is 0.0670. The zero-order valence-electron chi connectivity index (χ0n) is 11.3. The number of hydrogen-bond acceptors (Lipinski definition) is 6. The first kappa shape index (κ1) is 14.2. The van der Waals surface area contributed by atoms with E-state index in [1.165, 1.54) is 23.5 Å². The lowest BCUT2D eigenvalue weighted by Gasteiger charge is -2.05. The number of hydrogen-bond donors (Lipinski definition) is 0. The zero-order chi connectivity index (χ0) is 15.5. The number of thiazole rings is 1. The van der Waals surface area contributed by atoms with Gasteiger partial charge in [-0.25, -0.2) is 9.78 Å². The summed E-state index contributed by atoms with van der Waals surface area (Å²) in [4.78, 5) is 26.3. The molecule has 0 fully saturated rings. The highest BCUT2D eigenvalue weighted by Gasteiger charge is 2.10. The predicted octanol–water partition coefficient (Wildman–Crippen LogP) is 3.56. The molecule has 3 aromatic rings. The van der Waals surface area contributed by atoms with Crippen LogP contribution in [0.4, 0.5) is 5.69 Å². The molecular formula is C15H10N2O4S. The average Bonchev–Trinajstić information content (AvgIpc) is 3.00. The molecule has 0 aliphatic carbocycles. The van der Waals surface area contributed by atoms with Gasteiger partial charge >= 0.3 is 5.97 Å². The minimum atomic E-state index is -0.472. The maximum absolute atomic E-state index is 12.0. The van der Waals surface area contributed by atoms with E-state index in [1.807, 2.05) is 0 Å². The van der Waals surface area contributed by atoms with E-state index in [-0.39, 0.29) is 12.3 Å². The molecule has 0 amide bonds. The maximum Gasteiger partial charge on any atom is 0.338 e. The molecule has 0 saturated carbocycles. The van der Waals surface area contributed by atoms with E-state index in [1.54, 1.807) is 35.8 Å². The molecule has 0 atom stereocenters. The van der Waals surface area contributed by atoms with E-state index in [0.29, 0.717) is 11.1 Å². The topological polar surface area (TPSA) is 82.3 Å². The van der Waals surface area contributed by atoms with Crippen LogP contribution < -0.4 is 0 Å². The standard InChI is InChI=1S/C15H10N2O4S/c18-15(11-3-6-13-14(7-11)22-9-16-13)21-8-10-1-4-12(5-2-10)17(19)20/h1-7,9H,8H2. The Labute approximate surface area is 129 Å². The van der Waals surface area contributed by atoms with Gasteiger partial charge in [-0.2, -0.15) is 0 Å². The van der Waals surface area contributed by atoms with Gasteiger partial charge in [0.05, 0.1) is 26.2 Å². The minimum absolute atomic E-state index is 0.00530. The summed E-state index contributed by atoms with van der Waals surface area (Å²) >= 11 is 1.45. The van der Waals surface area contributed by atoms with E-state index in [0.717, 1.165) is 10.2 Å². The van der Waals surface area contributed by atoms with Crippen molar-refractivity contribution in [3.63, 3.8) is 0 Å². The van der Waals surface area contributed by atoms with Crippen molar-refractivity contribution in [1.29, 1.82) is 0 Å². The molecule has 0 bridgehead atoms. The van der Waals surface area contributed by atoms with Crippen molar-refractivity contribution >= 4 is 33.2 Å². The van der Waals surface area contributed by atoms with Gasteiger partial charge in [0.25, 0.3) is 5.69 Å². The largest absolute Gasteiger partial charge is 0.457 e. The molecule has 2 aromatic carbocycles. The quantitative estimate of drug-likeness (QED) is 0.418. The number of non-ortho nitro benzene ring substituents is 1. The van der Waals surface area contributed by atoms with Gasteiger partial charge in [-0.3, -0.25) is 10.1 Å².